The molecule has 1 aromatic carbocycles. The number of ether oxygens (including phenoxy) is 1. The van der Waals surface area contributed by atoms with E-state index < -0.39 is 11.9 Å². The van der Waals surface area contributed by atoms with Crippen LogP contribution in [0.3, 0.4) is 0 Å². The summed E-state index contributed by atoms with van der Waals surface area (Å²) in [6.07, 6.45) is 0. The van der Waals surface area contributed by atoms with E-state index in [1.807, 2.05) is 0 Å². The largest absolute Gasteiger partial charge is 0.482 e. The number of halogens is 2. The van der Waals surface area contributed by atoms with E-state index in [1.165, 1.54) is 13.1 Å². The quantitative estimate of drug-likeness (QED) is 0.900. The number of carboxylic acid groups (broad SMARTS) is 1. The van der Waals surface area contributed by atoms with Crippen molar-refractivity contribution in [1.29, 1.82) is 0 Å². The number of carbonyl (C=O) groups excluding carboxylic acids is 1. The first kappa shape index (κ1) is 14.6. The van der Waals surface area contributed by atoms with Crippen molar-refractivity contribution in [1.82, 2.24) is 4.90 Å². The van der Waals surface area contributed by atoms with Gasteiger partial charge in [-0.3, -0.25) is 9.59 Å². The standard InChI is InChI=1S/C11H11Cl2NO4/c1-14(5-11(16)17)10(15)6-18-9-4-7(12)2-3-8(9)13/h2-4H,5-6H2,1H3,(H,16,17). The Balaban J connectivity index is 2.57. The number of carbonyl (C=O) groups is 2. The number of nitrogens with zero attached hydrogens (tertiary/aromatic N) is 1. The minimum Gasteiger partial charge on any atom is -0.482 e. The second kappa shape index (κ2) is 6.47. The van der Waals surface area contributed by atoms with Gasteiger partial charge in [0, 0.05) is 18.1 Å². The van der Waals surface area contributed by atoms with Gasteiger partial charge in [-0.15, -0.1) is 0 Å². The molecule has 1 aromatic rings. The van der Waals surface area contributed by atoms with Gasteiger partial charge in [0.25, 0.3) is 5.91 Å². The SMILES string of the molecule is CN(CC(=O)O)C(=O)COc1cc(Cl)ccc1Cl. The van der Waals surface area contributed by atoms with E-state index >= 15 is 0 Å². The van der Waals surface area contributed by atoms with Gasteiger partial charge >= 0.3 is 5.97 Å². The van der Waals surface area contributed by atoms with E-state index in [0.717, 1.165) is 4.90 Å². The van der Waals surface area contributed by atoms with Crippen LogP contribution in [0.2, 0.25) is 10.0 Å². The average molecular weight is 292 g/mol. The van der Waals surface area contributed by atoms with Gasteiger partial charge in [0.05, 0.1) is 5.02 Å². The monoisotopic (exact) mass is 291 g/mol. The van der Waals surface area contributed by atoms with Crippen molar-refractivity contribution >= 4 is 35.1 Å². The molecule has 1 amide bonds. The lowest BCUT2D eigenvalue weighted by molar-refractivity contribution is -0.144. The van der Waals surface area contributed by atoms with Gasteiger partial charge in [-0.25, -0.2) is 0 Å². The Morgan fingerprint density at radius 2 is 2.06 bits per heavy atom. The van der Waals surface area contributed by atoms with Crippen LogP contribution >= 0.6 is 23.2 Å². The van der Waals surface area contributed by atoms with Crippen molar-refractivity contribution in [3.05, 3.63) is 28.2 Å². The summed E-state index contributed by atoms with van der Waals surface area (Å²) in [5.74, 6) is -1.28. The summed E-state index contributed by atoms with van der Waals surface area (Å²) in [6.45, 7) is -0.685. The predicted octanol–water partition coefficient (Wildman–Crippen LogP) is 1.92. The fourth-order valence-corrected chi connectivity index (χ4v) is 1.46. The highest BCUT2D eigenvalue weighted by molar-refractivity contribution is 6.34. The van der Waals surface area contributed by atoms with Crippen LogP contribution in [-0.2, 0) is 9.59 Å². The normalized spacial score (nSPS) is 9.94. The summed E-state index contributed by atoms with van der Waals surface area (Å²) in [6, 6.07) is 4.62. The van der Waals surface area contributed by atoms with Crippen molar-refractivity contribution < 1.29 is 19.4 Å². The summed E-state index contributed by atoms with van der Waals surface area (Å²) in [7, 11) is 1.37. The number of benzene rings is 1. The summed E-state index contributed by atoms with van der Waals surface area (Å²) in [5.41, 5.74) is 0. The van der Waals surface area contributed by atoms with E-state index in [4.69, 9.17) is 33.0 Å². The average Bonchev–Trinajstić information content (AvgIpc) is 2.29. The van der Waals surface area contributed by atoms with Crippen molar-refractivity contribution in [3.8, 4) is 5.75 Å². The fourth-order valence-electron chi connectivity index (χ4n) is 1.13. The van der Waals surface area contributed by atoms with Crippen molar-refractivity contribution in [3.63, 3.8) is 0 Å². The Morgan fingerprint density at radius 1 is 1.39 bits per heavy atom. The first-order chi connectivity index (χ1) is 8.40. The third-order valence-electron chi connectivity index (χ3n) is 2.04. The van der Waals surface area contributed by atoms with Crippen LogP contribution in [0.1, 0.15) is 0 Å². The van der Waals surface area contributed by atoms with Crippen LogP contribution in [0.15, 0.2) is 18.2 Å². The number of hydrogen-bond acceptors (Lipinski definition) is 3. The zero-order chi connectivity index (χ0) is 13.7. The third-order valence-corrected chi connectivity index (χ3v) is 2.59. The van der Waals surface area contributed by atoms with E-state index in [1.54, 1.807) is 12.1 Å². The molecule has 98 valence electrons. The molecule has 0 atom stereocenters. The maximum absolute atomic E-state index is 11.5. The molecule has 0 unspecified atom stereocenters. The molecule has 0 aliphatic heterocycles. The number of aliphatic carboxylic acids is 1. The summed E-state index contributed by atoms with van der Waals surface area (Å²) < 4.78 is 5.18. The molecule has 0 aliphatic rings. The number of likely N-dealkylation sites (N-methyl/N-ethyl adjacent to an activating group) is 1. The van der Waals surface area contributed by atoms with E-state index in [2.05, 4.69) is 0 Å². The van der Waals surface area contributed by atoms with Gasteiger partial charge in [0.15, 0.2) is 6.61 Å². The predicted molar refractivity (Wildman–Crippen MR) is 67.2 cm³/mol. The third kappa shape index (κ3) is 4.43. The summed E-state index contributed by atoms with van der Waals surface area (Å²) >= 11 is 11.6. The molecule has 0 spiro atoms. The van der Waals surface area contributed by atoms with Crippen LogP contribution < -0.4 is 4.74 Å². The zero-order valence-electron chi connectivity index (χ0n) is 9.52. The second-order valence-electron chi connectivity index (χ2n) is 3.51. The minimum atomic E-state index is -1.09. The molecule has 0 bridgehead atoms. The van der Waals surface area contributed by atoms with Gasteiger partial charge < -0.3 is 14.7 Å². The number of hydrogen-bond donors (Lipinski definition) is 1. The number of rotatable bonds is 5. The van der Waals surface area contributed by atoms with E-state index in [-0.39, 0.29) is 18.9 Å². The lowest BCUT2D eigenvalue weighted by Gasteiger charge is -2.15. The van der Waals surface area contributed by atoms with Gasteiger partial charge in [0.2, 0.25) is 0 Å². The summed E-state index contributed by atoms with van der Waals surface area (Å²) in [5, 5.41) is 9.28. The first-order valence-electron chi connectivity index (χ1n) is 4.93. The molecule has 0 radical (unpaired) electrons. The molecule has 7 heteroatoms. The molecule has 1 rings (SSSR count). The molecule has 0 saturated heterocycles. The summed E-state index contributed by atoms with van der Waals surface area (Å²) in [4.78, 5) is 23.0. The highest BCUT2D eigenvalue weighted by atomic mass is 35.5. The van der Waals surface area contributed by atoms with Gasteiger partial charge in [-0.1, -0.05) is 23.2 Å². The molecule has 1 N–H and O–H groups in total. The molecule has 0 saturated carbocycles. The Kier molecular flexibility index (Phi) is 5.25. The van der Waals surface area contributed by atoms with Crippen LogP contribution in [0.4, 0.5) is 0 Å². The fraction of sp³-hybridized carbons (Fsp3) is 0.273. The number of amides is 1. The van der Waals surface area contributed by atoms with Crippen molar-refractivity contribution in [2.75, 3.05) is 20.2 Å². The topological polar surface area (TPSA) is 66.8 Å². The van der Waals surface area contributed by atoms with Crippen LogP contribution in [-0.4, -0.2) is 42.1 Å². The van der Waals surface area contributed by atoms with E-state index in [0.29, 0.717) is 10.0 Å². The molecular formula is C11H11Cl2NO4. The lowest BCUT2D eigenvalue weighted by Crippen LogP contribution is -2.35. The molecule has 0 aromatic heterocycles. The van der Waals surface area contributed by atoms with Crippen LogP contribution in [0, 0.1) is 0 Å². The Bertz CT molecular complexity index is 464. The van der Waals surface area contributed by atoms with Gasteiger partial charge in [-0.2, -0.15) is 0 Å². The smallest absolute Gasteiger partial charge is 0.323 e. The number of carboxylic acids is 1. The van der Waals surface area contributed by atoms with Gasteiger partial charge in [-0.05, 0) is 12.1 Å². The van der Waals surface area contributed by atoms with Crippen LogP contribution in [0.5, 0.6) is 5.75 Å². The minimum absolute atomic E-state index is 0.279. The molecule has 18 heavy (non-hydrogen) atoms. The molecular weight excluding hydrogens is 281 g/mol. The Morgan fingerprint density at radius 3 is 2.67 bits per heavy atom. The van der Waals surface area contributed by atoms with Gasteiger partial charge in [0.1, 0.15) is 12.3 Å². The highest BCUT2D eigenvalue weighted by Crippen LogP contribution is 2.27. The zero-order valence-corrected chi connectivity index (χ0v) is 11.0. The molecule has 0 heterocycles. The second-order valence-corrected chi connectivity index (χ2v) is 4.35. The van der Waals surface area contributed by atoms with Crippen molar-refractivity contribution in [2.45, 2.75) is 0 Å². The maximum Gasteiger partial charge on any atom is 0.323 e. The molecule has 0 fully saturated rings. The van der Waals surface area contributed by atoms with E-state index in [9.17, 15) is 9.59 Å². The molecule has 5 nitrogen and oxygen atoms in total. The highest BCUT2D eigenvalue weighted by Gasteiger charge is 2.13. The maximum atomic E-state index is 11.5. The Labute approximate surface area is 114 Å². The lowest BCUT2D eigenvalue weighted by atomic mass is 10.3. The molecule has 0 aliphatic carbocycles. The Hall–Kier alpha value is -1.46. The van der Waals surface area contributed by atoms with Crippen molar-refractivity contribution in [2.24, 2.45) is 0 Å². The van der Waals surface area contributed by atoms with Crippen LogP contribution in [0.25, 0.3) is 0 Å². The first-order valence-corrected chi connectivity index (χ1v) is 5.69.